The van der Waals surface area contributed by atoms with Gasteiger partial charge in [-0.1, -0.05) is 30.3 Å². The average molecular weight is 434 g/mol. The first-order valence-electron chi connectivity index (χ1n) is 9.48. The van der Waals surface area contributed by atoms with Gasteiger partial charge in [-0.25, -0.2) is 9.78 Å². The topological polar surface area (TPSA) is 154 Å². The second kappa shape index (κ2) is 7.59. The maximum atomic E-state index is 12.0. The van der Waals surface area contributed by atoms with Gasteiger partial charge in [0.05, 0.1) is 0 Å². The van der Waals surface area contributed by atoms with Crippen LogP contribution in [-0.2, 0) is 21.6 Å². The molecule has 0 aliphatic heterocycles. The van der Waals surface area contributed by atoms with E-state index in [4.69, 9.17) is 18.0 Å². The Kier molecular flexibility index (Phi) is 4.59. The van der Waals surface area contributed by atoms with E-state index in [1.165, 1.54) is 0 Å². The molecular formula is C21H14N4O7. The van der Waals surface area contributed by atoms with E-state index in [0.29, 0.717) is 12.8 Å². The Bertz CT molecular complexity index is 1340. The zero-order chi connectivity index (χ0) is 22.1. The van der Waals surface area contributed by atoms with E-state index >= 15 is 0 Å². The number of amides is 1. The average Bonchev–Trinajstić information content (AvgIpc) is 3.11. The molecule has 1 aromatic carbocycles. The molecule has 0 spiro atoms. The number of oxazole rings is 3. The van der Waals surface area contributed by atoms with Gasteiger partial charge in [0.25, 0.3) is 5.89 Å². The van der Waals surface area contributed by atoms with E-state index in [1.54, 1.807) is 0 Å². The summed E-state index contributed by atoms with van der Waals surface area (Å²) in [6, 6.07) is 9.20. The van der Waals surface area contributed by atoms with Gasteiger partial charge in [0.1, 0.15) is 12.0 Å². The predicted octanol–water partition coefficient (Wildman–Crippen LogP) is 3.07. The van der Waals surface area contributed by atoms with Crippen LogP contribution in [0.25, 0.3) is 11.4 Å². The maximum Gasteiger partial charge on any atom is 0.414 e. The molecule has 3 heterocycles. The number of aliphatic carboxylic acids is 1. The first kappa shape index (κ1) is 19.4. The molecule has 3 aromatic heterocycles. The van der Waals surface area contributed by atoms with Gasteiger partial charge in [-0.05, 0) is 24.3 Å². The standard InChI is InChI=1S/C21H14N4O7/c26-19(27)21(8-9-21)18-24-15-17(32-18)31-14(23-15)7-6-13-16(30-11-22-13)25-20(28)29-10-12-4-2-1-3-5-12/h1-5,11H,8-10H2,(H,25,28)(H,26,27). The SMILES string of the molecule is O=C(Nc1ocnc1C#Cc1nc2nc(C3(C(=O)O)CC3)oc2o1)OCc1ccccc1. The number of rotatable bonds is 5. The minimum atomic E-state index is -1.09. The van der Waals surface area contributed by atoms with Gasteiger partial charge in [-0.15, -0.1) is 0 Å². The highest BCUT2D eigenvalue weighted by molar-refractivity contribution is 5.84. The van der Waals surface area contributed by atoms with E-state index in [2.05, 4.69) is 32.1 Å². The summed E-state index contributed by atoms with van der Waals surface area (Å²) in [5.41, 5.74) is -0.000199. The van der Waals surface area contributed by atoms with Crippen LogP contribution in [0.5, 0.6) is 0 Å². The minimum absolute atomic E-state index is 0.00310. The van der Waals surface area contributed by atoms with Crippen LogP contribution in [0.4, 0.5) is 10.7 Å². The van der Waals surface area contributed by atoms with Gasteiger partial charge in [0.15, 0.2) is 12.1 Å². The van der Waals surface area contributed by atoms with E-state index in [0.717, 1.165) is 12.0 Å². The summed E-state index contributed by atoms with van der Waals surface area (Å²) in [5, 5.41) is 11.7. The highest BCUT2D eigenvalue weighted by atomic mass is 16.6. The second-order valence-electron chi connectivity index (χ2n) is 7.00. The summed E-state index contributed by atoms with van der Waals surface area (Å²) in [5.74, 6) is 4.36. The molecule has 2 N–H and O–H groups in total. The fraction of sp³-hybridized carbons (Fsp3) is 0.190. The molecule has 11 heteroatoms. The lowest BCUT2D eigenvalue weighted by atomic mass is 10.1. The zero-order valence-corrected chi connectivity index (χ0v) is 16.3. The maximum absolute atomic E-state index is 12.0. The molecule has 0 saturated heterocycles. The van der Waals surface area contributed by atoms with Crippen molar-refractivity contribution in [2.75, 3.05) is 5.32 Å². The van der Waals surface area contributed by atoms with Crippen molar-refractivity contribution >= 4 is 29.4 Å². The molecular weight excluding hydrogens is 420 g/mol. The summed E-state index contributed by atoms with van der Waals surface area (Å²) >= 11 is 0. The van der Waals surface area contributed by atoms with Crippen LogP contribution >= 0.6 is 0 Å². The number of nitrogens with zero attached hydrogens (tertiary/aromatic N) is 3. The number of carbonyl (C=O) groups is 2. The molecule has 32 heavy (non-hydrogen) atoms. The Morgan fingerprint density at radius 3 is 2.69 bits per heavy atom. The lowest BCUT2D eigenvalue weighted by Crippen LogP contribution is -2.19. The van der Waals surface area contributed by atoms with Crippen LogP contribution in [0.15, 0.2) is 50.0 Å². The number of nitrogens with one attached hydrogen (secondary N) is 1. The monoisotopic (exact) mass is 434 g/mol. The molecule has 1 aliphatic carbocycles. The summed E-state index contributed by atoms with van der Waals surface area (Å²) in [6.07, 6.45) is 1.29. The molecule has 1 aliphatic rings. The predicted molar refractivity (Wildman–Crippen MR) is 105 cm³/mol. The fourth-order valence-corrected chi connectivity index (χ4v) is 2.93. The molecule has 1 amide bonds. The van der Waals surface area contributed by atoms with Crippen molar-refractivity contribution < 1.29 is 32.7 Å². The number of hydrogen-bond acceptors (Lipinski definition) is 9. The van der Waals surface area contributed by atoms with E-state index in [9.17, 15) is 14.7 Å². The van der Waals surface area contributed by atoms with E-state index < -0.39 is 17.5 Å². The van der Waals surface area contributed by atoms with Gasteiger partial charge >= 0.3 is 17.8 Å². The fourth-order valence-electron chi connectivity index (χ4n) is 2.93. The van der Waals surface area contributed by atoms with Crippen molar-refractivity contribution in [3.8, 4) is 11.8 Å². The lowest BCUT2D eigenvalue weighted by Gasteiger charge is -2.04. The van der Waals surface area contributed by atoms with Gasteiger partial charge in [0.2, 0.25) is 17.4 Å². The molecule has 0 atom stereocenters. The van der Waals surface area contributed by atoms with Crippen LogP contribution in [-0.4, -0.2) is 32.1 Å². The third-order valence-electron chi connectivity index (χ3n) is 4.83. The molecule has 0 radical (unpaired) electrons. The lowest BCUT2D eigenvalue weighted by molar-refractivity contribution is -0.140. The number of aromatic nitrogens is 3. The number of fused-ring (bicyclic) bond motifs is 1. The highest BCUT2D eigenvalue weighted by Crippen LogP contribution is 2.48. The minimum Gasteiger partial charge on any atom is -0.480 e. The Labute approximate surface area is 179 Å². The number of carbonyl (C=O) groups excluding carboxylic acids is 1. The van der Waals surface area contributed by atoms with Crippen LogP contribution < -0.4 is 5.32 Å². The smallest absolute Gasteiger partial charge is 0.414 e. The van der Waals surface area contributed by atoms with Gasteiger partial charge in [0, 0.05) is 5.92 Å². The van der Waals surface area contributed by atoms with Crippen LogP contribution in [0.3, 0.4) is 0 Å². The molecule has 5 rings (SSSR count). The quantitative estimate of drug-likeness (QED) is 0.448. The normalized spacial score (nSPS) is 13.9. The van der Waals surface area contributed by atoms with Crippen molar-refractivity contribution in [3.63, 3.8) is 0 Å². The highest BCUT2D eigenvalue weighted by Gasteiger charge is 2.56. The van der Waals surface area contributed by atoms with Crippen LogP contribution in [0.2, 0.25) is 0 Å². The molecule has 1 fully saturated rings. The molecule has 4 aromatic rings. The molecule has 0 unspecified atom stereocenters. The summed E-state index contributed by atoms with van der Waals surface area (Å²) in [4.78, 5) is 35.5. The first-order valence-corrected chi connectivity index (χ1v) is 9.48. The van der Waals surface area contributed by atoms with Gasteiger partial charge < -0.3 is 23.1 Å². The Morgan fingerprint density at radius 1 is 1.16 bits per heavy atom. The number of benzene rings is 1. The summed E-state index contributed by atoms with van der Waals surface area (Å²) in [7, 11) is 0. The van der Waals surface area contributed by atoms with E-state index in [-0.39, 0.29) is 41.4 Å². The third kappa shape index (κ3) is 3.65. The summed E-state index contributed by atoms with van der Waals surface area (Å²) < 4.78 is 21.1. The number of carboxylic acids is 1. The van der Waals surface area contributed by atoms with E-state index in [1.807, 2.05) is 30.3 Å². The van der Waals surface area contributed by atoms with Crippen molar-refractivity contribution in [3.05, 3.63) is 59.8 Å². The Morgan fingerprint density at radius 2 is 1.97 bits per heavy atom. The number of ether oxygens (including phenoxy) is 1. The van der Waals surface area contributed by atoms with Crippen molar-refractivity contribution in [2.24, 2.45) is 0 Å². The van der Waals surface area contributed by atoms with Crippen LogP contribution in [0, 0.1) is 11.8 Å². The Balaban J connectivity index is 1.26. The van der Waals surface area contributed by atoms with Crippen molar-refractivity contribution in [2.45, 2.75) is 24.9 Å². The van der Waals surface area contributed by atoms with Crippen molar-refractivity contribution in [1.29, 1.82) is 0 Å². The third-order valence-corrected chi connectivity index (χ3v) is 4.83. The molecule has 1 saturated carbocycles. The zero-order valence-electron chi connectivity index (χ0n) is 16.3. The summed E-state index contributed by atoms with van der Waals surface area (Å²) in [6.45, 7) is 0.0926. The first-order chi connectivity index (χ1) is 15.5. The van der Waals surface area contributed by atoms with Gasteiger partial charge in [-0.2, -0.15) is 9.97 Å². The molecule has 11 nitrogen and oxygen atoms in total. The molecule has 160 valence electrons. The number of hydrogen-bond donors (Lipinski definition) is 2. The van der Waals surface area contributed by atoms with Crippen LogP contribution in [0.1, 0.15) is 35.9 Å². The Hall–Kier alpha value is -4.59. The van der Waals surface area contributed by atoms with Crippen molar-refractivity contribution in [1.82, 2.24) is 15.0 Å². The molecule has 0 bridgehead atoms. The number of anilines is 1. The number of carboxylic acid groups (broad SMARTS) is 1. The van der Waals surface area contributed by atoms with Gasteiger partial charge in [-0.3, -0.25) is 10.1 Å². The largest absolute Gasteiger partial charge is 0.480 e. The second-order valence-corrected chi connectivity index (χ2v) is 7.00.